The van der Waals surface area contributed by atoms with E-state index in [0.717, 1.165) is 22.4 Å². The predicted octanol–water partition coefficient (Wildman–Crippen LogP) is 5.66. The van der Waals surface area contributed by atoms with E-state index in [-0.39, 0.29) is 17.5 Å². The minimum absolute atomic E-state index is 0.267. The fourth-order valence-corrected chi connectivity index (χ4v) is 3.82. The molecule has 0 aromatic heterocycles. The van der Waals surface area contributed by atoms with Gasteiger partial charge in [0, 0.05) is 10.7 Å². The van der Waals surface area contributed by atoms with Gasteiger partial charge in [-0.3, -0.25) is 9.59 Å². The van der Waals surface area contributed by atoms with Gasteiger partial charge in [-0.1, -0.05) is 53.6 Å². The van der Waals surface area contributed by atoms with Crippen molar-refractivity contribution in [1.82, 2.24) is 0 Å². The van der Waals surface area contributed by atoms with Crippen LogP contribution in [-0.4, -0.2) is 11.8 Å². The summed E-state index contributed by atoms with van der Waals surface area (Å²) in [4.78, 5) is 28.1. The number of aryl methyl sites for hydroxylation is 3. The number of carbonyl (C=O) groups is 2. The Balaban J connectivity index is 1.84. The maximum atomic E-state index is 13.5. The first-order valence-corrected chi connectivity index (χ1v) is 10.0. The molecule has 0 fully saturated rings. The van der Waals surface area contributed by atoms with Crippen LogP contribution in [0.3, 0.4) is 0 Å². The summed E-state index contributed by atoms with van der Waals surface area (Å²) in [5.74, 6) is -0.744. The van der Waals surface area contributed by atoms with Gasteiger partial charge in [-0.2, -0.15) is 0 Å². The van der Waals surface area contributed by atoms with Crippen LogP contribution < -0.4 is 10.2 Å². The molecule has 0 unspecified atom stereocenters. The Hall–Kier alpha value is -3.37. The lowest BCUT2D eigenvalue weighted by Gasteiger charge is -2.18. The normalized spacial score (nSPS) is 13.9. The Bertz CT molecular complexity index is 1200. The second-order valence-electron chi connectivity index (χ2n) is 7.49. The number of benzene rings is 3. The van der Waals surface area contributed by atoms with E-state index in [1.165, 1.54) is 4.90 Å². The topological polar surface area (TPSA) is 49.4 Å². The van der Waals surface area contributed by atoms with E-state index in [1.807, 2.05) is 69.3 Å². The Kier molecular flexibility index (Phi) is 5.18. The van der Waals surface area contributed by atoms with Crippen molar-refractivity contribution in [3.63, 3.8) is 0 Å². The van der Waals surface area contributed by atoms with Gasteiger partial charge >= 0.3 is 0 Å². The third kappa shape index (κ3) is 3.62. The number of nitrogens with zero attached hydrogens (tertiary/aromatic N) is 1. The molecule has 3 aromatic rings. The molecule has 150 valence electrons. The molecule has 3 aromatic carbocycles. The lowest BCUT2D eigenvalue weighted by atomic mass is 10.0. The van der Waals surface area contributed by atoms with E-state index in [4.69, 9.17) is 11.6 Å². The summed E-state index contributed by atoms with van der Waals surface area (Å²) in [7, 11) is 0. The lowest BCUT2D eigenvalue weighted by Crippen LogP contribution is -2.33. The highest BCUT2D eigenvalue weighted by molar-refractivity contribution is 6.46. The van der Waals surface area contributed by atoms with Crippen LogP contribution in [0.4, 0.5) is 11.4 Å². The van der Waals surface area contributed by atoms with Crippen LogP contribution in [0, 0.1) is 20.8 Å². The minimum atomic E-state index is -0.387. The second kappa shape index (κ2) is 7.81. The van der Waals surface area contributed by atoms with Gasteiger partial charge in [-0.05, 0) is 67.8 Å². The fourth-order valence-electron chi connectivity index (χ4n) is 3.59. The molecule has 0 radical (unpaired) electrons. The van der Waals surface area contributed by atoms with Gasteiger partial charge < -0.3 is 5.32 Å². The molecular weight excluding hydrogens is 396 g/mol. The number of imide groups is 1. The Labute approximate surface area is 180 Å². The third-order valence-electron chi connectivity index (χ3n) is 5.11. The van der Waals surface area contributed by atoms with Crippen molar-refractivity contribution >= 4 is 40.4 Å². The number of amides is 2. The van der Waals surface area contributed by atoms with E-state index in [0.29, 0.717) is 21.8 Å². The van der Waals surface area contributed by atoms with Crippen LogP contribution in [0.2, 0.25) is 5.02 Å². The maximum Gasteiger partial charge on any atom is 0.282 e. The third-order valence-corrected chi connectivity index (χ3v) is 5.35. The van der Waals surface area contributed by atoms with Crippen LogP contribution in [0.1, 0.15) is 22.3 Å². The lowest BCUT2D eigenvalue weighted by molar-refractivity contribution is -0.120. The van der Waals surface area contributed by atoms with Gasteiger partial charge in [-0.15, -0.1) is 0 Å². The van der Waals surface area contributed by atoms with Gasteiger partial charge in [-0.25, -0.2) is 4.90 Å². The van der Waals surface area contributed by atoms with Crippen LogP contribution in [-0.2, 0) is 9.59 Å². The van der Waals surface area contributed by atoms with Crippen molar-refractivity contribution in [3.8, 4) is 0 Å². The highest BCUT2D eigenvalue weighted by atomic mass is 35.5. The molecule has 0 bridgehead atoms. The summed E-state index contributed by atoms with van der Waals surface area (Å²) in [6.45, 7) is 5.79. The van der Waals surface area contributed by atoms with Crippen molar-refractivity contribution in [3.05, 3.63) is 99.7 Å². The zero-order valence-corrected chi connectivity index (χ0v) is 17.7. The smallest absolute Gasteiger partial charge is 0.282 e. The van der Waals surface area contributed by atoms with Gasteiger partial charge in [0.25, 0.3) is 11.8 Å². The fraction of sp³-hybridized carbons (Fsp3) is 0.120. The van der Waals surface area contributed by atoms with Crippen LogP contribution >= 0.6 is 11.6 Å². The number of hydrogen-bond donors (Lipinski definition) is 1. The van der Waals surface area contributed by atoms with Gasteiger partial charge in [0.1, 0.15) is 5.70 Å². The van der Waals surface area contributed by atoms with E-state index in [2.05, 4.69) is 5.32 Å². The van der Waals surface area contributed by atoms with E-state index in [1.54, 1.807) is 18.2 Å². The van der Waals surface area contributed by atoms with Crippen molar-refractivity contribution in [2.45, 2.75) is 20.8 Å². The van der Waals surface area contributed by atoms with Gasteiger partial charge in [0.05, 0.1) is 11.3 Å². The largest absolute Gasteiger partial charge is 0.350 e. The Morgan fingerprint density at radius 3 is 2.20 bits per heavy atom. The van der Waals surface area contributed by atoms with Gasteiger partial charge in [0.15, 0.2) is 0 Å². The number of rotatable bonds is 4. The van der Waals surface area contributed by atoms with Crippen LogP contribution in [0.5, 0.6) is 0 Å². The standard InChI is InChI=1S/C25H21ClN2O2/c1-15-7-9-18(10-8-15)22-23(27-20-6-4-5-16(2)13-20)25(30)28(24(22)29)21-12-11-19(26)14-17(21)3/h4-14,27H,1-3H3. The van der Waals surface area contributed by atoms with Crippen molar-refractivity contribution in [2.24, 2.45) is 0 Å². The number of carbonyl (C=O) groups excluding carboxylic acids is 2. The molecule has 0 saturated heterocycles. The highest BCUT2D eigenvalue weighted by Crippen LogP contribution is 2.35. The van der Waals surface area contributed by atoms with Crippen LogP contribution in [0.25, 0.3) is 5.57 Å². The molecule has 1 N–H and O–H groups in total. The first kappa shape index (κ1) is 19.9. The number of nitrogens with one attached hydrogen (secondary N) is 1. The number of anilines is 2. The van der Waals surface area contributed by atoms with Crippen molar-refractivity contribution in [2.75, 3.05) is 10.2 Å². The molecule has 1 aliphatic rings. The summed E-state index contributed by atoms with van der Waals surface area (Å²) in [6.07, 6.45) is 0. The van der Waals surface area contributed by atoms with E-state index >= 15 is 0 Å². The molecule has 1 aliphatic heterocycles. The van der Waals surface area contributed by atoms with Gasteiger partial charge in [0.2, 0.25) is 0 Å². The highest BCUT2D eigenvalue weighted by Gasteiger charge is 2.40. The van der Waals surface area contributed by atoms with Crippen molar-refractivity contribution in [1.29, 1.82) is 0 Å². The molecule has 5 heteroatoms. The van der Waals surface area contributed by atoms with E-state index < -0.39 is 0 Å². The monoisotopic (exact) mass is 416 g/mol. The summed E-state index contributed by atoms with van der Waals surface area (Å²) in [5.41, 5.74) is 5.49. The molecule has 4 nitrogen and oxygen atoms in total. The first-order chi connectivity index (χ1) is 14.3. The maximum absolute atomic E-state index is 13.5. The summed E-state index contributed by atoms with van der Waals surface area (Å²) < 4.78 is 0. The average Bonchev–Trinajstić information content (AvgIpc) is 2.93. The predicted molar refractivity (Wildman–Crippen MR) is 122 cm³/mol. The zero-order valence-electron chi connectivity index (χ0n) is 17.0. The Morgan fingerprint density at radius 1 is 0.800 bits per heavy atom. The SMILES string of the molecule is Cc1ccc(C2=C(Nc3cccc(C)c3)C(=O)N(c3ccc(Cl)cc3C)C2=O)cc1. The first-order valence-electron chi connectivity index (χ1n) is 9.65. The molecule has 0 atom stereocenters. The number of halogens is 1. The molecule has 30 heavy (non-hydrogen) atoms. The second-order valence-corrected chi connectivity index (χ2v) is 7.92. The van der Waals surface area contributed by atoms with Crippen molar-refractivity contribution < 1.29 is 9.59 Å². The Morgan fingerprint density at radius 2 is 1.53 bits per heavy atom. The summed E-state index contributed by atoms with van der Waals surface area (Å²) in [6, 6.07) is 20.4. The molecule has 2 amide bonds. The van der Waals surface area contributed by atoms with E-state index in [9.17, 15) is 9.59 Å². The molecule has 4 rings (SSSR count). The van der Waals surface area contributed by atoms with Crippen LogP contribution in [0.15, 0.2) is 72.4 Å². The molecule has 0 saturated carbocycles. The average molecular weight is 417 g/mol. The molecule has 0 aliphatic carbocycles. The molecular formula is C25H21ClN2O2. The summed E-state index contributed by atoms with van der Waals surface area (Å²) in [5, 5.41) is 3.75. The number of hydrogen-bond acceptors (Lipinski definition) is 3. The molecule has 0 spiro atoms. The summed E-state index contributed by atoms with van der Waals surface area (Å²) >= 11 is 6.08. The zero-order chi connectivity index (χ0) is 21.4. The molecule has 1 heterocycles. The minimum Gasteiger partial charge on any atom is -0.350 e. The quantitative estimate of drug-likeness (QED) is 0.558.